The van der Waals surface area contributed by atoms with E-state index in [0.29, 0.717) is 32.5 Å². The van der Waals surface area contributed by atoms with Crippen molar-refractivity contribution in [3.63, 3.8) is 0 Å². The van der Waals surface area contributed by atoms with Crippen LogP contribution in [-0.4, -0.2) is 55.2 Å². The van der Waals surface area contributed by atoms with Crippen molar-refractivity contribution < 1.29 is 35.9 Å². The molecule has 1 saturated carbocycles. The van der Waals surface area contributed by atoms with Crippen LogP contribution >= 0.6 is 0 Å². The highest BCUT2D eigenvalue weighted by Gasteiger charge is 2.44. The van der Waals surface area contributed by atoms with Gasteiger partial charge >= 0.3 is 6.61 Å². The first kappa shape index (κ1) is 23.7. The lowest BCUT2D eigenvalue weighted by molar-refractivity contribution is -0.0838. The van der Waals surface area contributed by atoms with E-state index in [1.54, 1.807) is 0 Å². The van der Waals surface area contributed by atoms with E-state index in [1.807, 2.05) is 4.90 Å². The first-order valence-corrected chi connectivity index (χ1v) is 10.4. The average Bonchev–Trinajstić information content (AvgIpc) is 2.69. The quantitative estimate of drug-likeness (QED) is 0.605. The van der Waals surface area contributed by atoms with Crippen molar-refractivity contribution in [2.75, 3.05) is 26.2 Å². The van der Waals surface area contributed by atoms with Crippen LogP contribution in [0, 0.1) is 11.7 Å². The zero-order valence-electron chi connectivity index (χ0n) is 17.0. The molecule has 1 aliphatic heterocycles. The number of rotatable bonds is 7. The van der Waals surface area contributed by atoms with Crippen LogP contribution < -0.4 is 10.1 Å². The van der Waals surface area contributed by atoms with Gasteiger partial charge in [-0.25, -0.2) is 17.6 Å². The normalized spacial score (nSPS) is 21.8. The largest absolute Gasteiger partial charge is 0.435 e. The Morgan fingerprint density at radius 3 is 2.35 bits per heavy atom. The molecule has 2 fully saturated rings. The van der Waals surface area contributed by atoms with Crippen molar-refractivity contribution in [3.05, 3.63) is 29.6 Å². The van der Waals surface area contributed by atoms with Gasteiger partial charge in [0.05, 0.1) is 0 Å². The number of nitrogens with one attached hydrogen (secondary N) is 1. The number of hydrogen-bond donors (Lipinski definition) is 1. The Morgan fingerprint density at radius 1 is 1.10 bits per heavy atom. The maximum atomic E-state index is 14.9. The number of amides is 1. The lowest BCUT2D eigenvalue weighted by atomic mass is 9.83. The zero-order valence-corrected chi connectivity index (χ0v) is 17.0. The van der Waals surface area contributed by atoms with E-state index >= 15 is 0 Å². The molecule has 3 rings (SSSR count). The molecular formula is C21H26F6N2O2. The maximum Gasteiger partial charge on any atom is 0.387 e. The molecule has 0 unspecified atom stereocenters. The van der Waals surface area contributed by atoms with E-state index < -0.39 is 48.5 Å². The summed E-state index contributed by atoms with van der Waals surface area (Å²) in [4.78, 5) is 14.2. The first-order chi connectivity index (χ1) is 14.5. The summed E-state index contributed by atoms with van der Waals surface area (Å²) in [5.41, 5.74) is -1.71. The van der Waals surface area contributed by atoms with Crippen LogP contribution in [0.2, 0.25) is 0 Å². The highest BCUT2D eigenvalue weighted by Crippen LogP contribution is 2.41. The van der Waals surface area contributed by atoms with Crippen molar-refractivity contribution in [1.82, 2.24) is 10.2 Å². The van der Waals surface area contributed by atoms with Gasteiger partial charge in [0.15, 0.2) is 0 Å². The summed E-state index contributed by atoms with van der Waals surface area (Å²) in [7, 11) is 0. The third-order valence-corrected chi connectivity index (χ3v) is 6.00. The van der Waals surface area contributed by atoms with Crippen molar-refractivity contribution in [3.8, 4) is 5.75 Å². The van der Waals surface area contributed by atoms with Gasteiger partial charge in [-0.15, -0.1) is 0 Å². The monoisotopic (exact) mass is 452 g/mol. The standard InChI is InChI=1S/C21H26F6N2O2/c22-16-9-15(10-17(11-16)31-19(23)24)18(30)28-12-14-1-7-29(8-2-14)13-20(25)3-5-21(26,27)6-4-20/h9-11,14,19H,1-8,12-13H2,(H,28,30). The minimum Gasteiger partial charge on any atom is -0.435 e. The first-order valence-electron chi connectivity index (χ1n) is 10.4. The van der Waals surface area contributed by atoms with E-state index in [4.69, 9.17) is 0 Å². The van der Waals surface area contributed by atoms with Crippen LogP contribution in [-0.2, 0) is 0 Å². The van der Waals surface area contributed by atoms with Gasteiger partial charge in [-0.05, 0) is 56.8 Å². The van der Waals surface area contributed by atoms with E-state index in [2.05, 4.69) is 10.1 Å². The molecule has 1 amide bonds. The minimum atomic E-state index is -3.13. The number of halogens is 6. The van der Waals surface area contributed by atoms with Crippen LogP contribution in [0.5, 0.6) is 5.75 Å². The molecular weight excluding hydrogens is 426 g/mol. The predicted molar refractivity (Wildman–Crippen MR) is 102 cm³/mol. The number of piperidine rings is 1. The second kappa shape index (κ2) is 9.67. The molecule has 0 aromatic heterocycles. The maximum absolute atomic E-state index is 14.9. The molecule has 2 aliphatic rings. The number of nitrogens with zero attached hydrogens (tertiary/aromatic N) is 1. The summed E-state index contributed by atoms with van der Waals surface area (Å²) in [6.45, 7) is -1.50. The summed E-state index contributed by atoms with van der Waals surface area (Å²) in [6.07, 6.45) is 0.263. The summed E-state index contributed by atoms with van der Waals surface area (Å²) >= 11 is 0. The van der Waals surface area contributed by atoms with E-state index in [1.165, 1.54) is 0 Å². The van der Waals surface area contributed by atoms with E-state index in [-0.39, 0.29) is 30.9 Å². The van der Waals surface area contributed by atoms with Gasteiger partial charge < -0.3 is 15.0 Å². The minimum absolute atomic E-state index is 0.122. The van der Waals surface area contributed by atoms with E-state index in [0.717, 1.165) is 18.2 Å². The number of ether oxygens (including phenoxy) is 1. The molecule has 1 aromatic rings. The van der Waals surface area contributed by atoms with E-state index in [9.17, 15) is 31.1 Å². The number of hydrogen-bond acceptors (Lipinski definition) is 3. The molecule has 1 N–H and O–H groups in total. The molecule has 1 saturated heterocycles. The van der Waals surface area contributed by atoms with Gasteiger partial charge in [-0.2, -0.15) is 8.78 Å². The fourth-order valence-electron chi connectivity index (χ4n) is 4.18. The summed E-state index contributed by atoms with van der Waals surface area (Å²) in [5.74, 6) is -4.55. The molecule has 31 heavy (non-hydrogen) atoms. The number of benzene rings is 1. The average molecular weight is 452 g/mol. The third-order valence-electron chi connectivity index (χ3n) is 6.00. The number of likely N-dealkylation sites (tertiary alicyclic amines) is 1. The Morgan fingerprint density at radius 2 is 1.74 bits per heavy atom. The second-order valence-corrected chi connectivity index (χ2v) is 8.49. The Hall–Kier alpha value is -1.97. The molecule has 10 heteroatoms. The fraction of sp³-hybridized carbons (Fsp3) is 0.667. The van der Waals surface area contributed by atoms with Crippen LogP contribution in [0.3, 0.4) is 0 Å². The van der Waals surface area contributed by atoms with Gasteiger partial charge in [-0.1, -0.05) is 0 Å². The molecule has 1 heterocycles. The van der Waals surface area contributed by atoms with Gasteiger partial charge in [0.1, 0.15) is 17.2 Å². The Bertz CT molecular complexity index is 758. The van der Waals surface area contributed by atoms with Crippen LogP contribution in [0.4, 0.5) is 26.3 Å². The van der Waals surface area contributed by atoms with Gasteiger partial charge in [-0.3, -0.25) is 4.79 Å². The predicted octanol–water partition coefficient (Wildman–Crippen LogP) is 4.79. The lowest BCUT2D eigenvalue weighted by Crippen LogP contribution is -2.47. The Balaban J connectivity index is 1.43. The van der Waals surface area contributed by atoms with Crippen molar-refractivity contribution >= 4 is 5.91 Å². The molecule has 1 aromatic carbocycles. The number of carbonyl (C=O) groups excluding carboxylic acids is 1. The number of alkyl halides is 5. The Kier molecular flexibility index (Phi) is 7.39. The van der Waals surface area contributed by atoms with Gasteiger partial charge in [0.2, 0.25) is 5.92 Å². The van der Waals surface area contributed by atoms with Crippen LogP contribution in [0.25, 0.3) is 0 Å². The zero-order chi connectivity index (χ0) is 22.6. The van der Waals surface area contributed by atoms with Gasteiger partial charge in [0.25, 0.3) is 5.91 Å². The highest BCUT2D eigenvalue weighted by molar-refractivity contribution is 5.94. The molecule has 174 valence electrons. The van der Waals surface area contributed by atoms with Crippen LogP contribution in [0.1, 0.15) is 48.9 Å². The number of carbonyl (C=O) groups is 1. The topological polar surface area (TPSA) is 41.6 Å². The molecule has 4 nitrogen and oxygen atoms in total. The van der Waals surface area contributed by atoms with Crippen molar-refractivity contribution in [1.29, 1.82) is 0 Å². The molecule has 0 atom stereocenters. The van der Waals surface area contributed by atoms with Crippen molar-refractivity contribution in [2.45, 2.75) is 56.7 Å². The lowest BCUT2D eigenvalue weighted by Gasteiger charge is -2.40. The smallest absolute Gasteiger partial charge is 0.387 e. The molecule has 0 radical (unpaired) electrons. The second-order valence-electron chi connectivity index (χ2n) is 8.49. The van der Waals surface area contributed by atoms with Crippen molar-refractivity contribution in [2.24, 2.45) is 5.92 Å². The summed E-state index contributed by atoms with van der Waals surface area (Å²) in [5, 5.41) is 2.66. The third kappa shape index (κ3) is 7.02. The Labute approximate surface area is 176 Å². The molecule has 0 bridgehead atoms. The highest BCUT2D eigenvalue weighted by atomic mass is 19.3. The molecule has 0 spiro atoms. The fourth-order valence-corrected chi connectivity index (χ4v) is 4.18. The molecule has 1 aliphatic carbocycles. The van der Waals surface area contributed by atoms with Crippen LogP contribution in [0.15, 0.2) is 18.2 Å². The summed E-state index contributed by atoms with van der Waals surface area (Å²) < 4.78 is 83.7. The van der Waals surface area contributed by atoms with Gasteiger partial charge in [0, 0.05) is 37.6 Å². The SMILES string of the molecule is O=C(NCC1CCN(CC2(F)CCC(F)(F)CC2)CC1)c1cc(F)cc(OC(F)F)c1. The summed E-state index contributed by atoms with van der Waals surface area (Å²) in [6, 6.07) is 2.75.